The number of hydrogen-bond acceptors (Lipinski definition) is 4. The smallest absolute Gasteiger partial charge is 0.118 e. The number of nitrogens with zero attached hydrogens (tertiary/aromatic N) is 2. The van der Waals surface area contributed by atoms with Crippen molar-refractivity contribution in [2.24, 2.45) is 0 Å². The first kappa shape index (κ1) is 13.2. The van der Waals surface area contributed by atoms with E-state index in [1.807, 2.05) is 7.05 Å². The fourth-order valence-corrected chi connectivity index (χ4v) is 2.57. The van der Waals surface area contributed by atoms with Gasteiger partial charge in [0.25, 0.3) is 0 Å². The molecule has 0 radical (unpaired) electrons. The number of hydrogen-bond donors (Lipinski definition) is 1. The van der Waals surface area contributed by atoms with Crippen molar-refractivity contribution >= 4 is 11.3 Å². The summed E-state index contributed by atoms with van der Waals surface area (Å²) in [6.07, 6.45) is 3.00. The molecule has 0 amide bonds. The lowest BCUT2D eigenvalue weighted by Gasteiger charge is -1.99. The molecule has 96 valence electrons. The monoisotopic (exact) mass is 261 g/mol. The van der Waals surface area contributed by atoms with Gasteiger partial charge in [-0.15, -0.1) is 21.5 Å². The highest BCUT2D eigenvalue weighted by molar-refractivity contribution is 7.11. The van der Waals surface area contributed by atoms with E-state index in [0.29, 0.717) is 0 Å². The van der Waals surface area contributed by atoms with Gasteiger partial charge in [-0.25, -0.2) is 0 Å². The van der Waals surface area contributed by atoms with Crippen LogP contribution in [-0.2, 0) is 19.3 Å². The van der Waals surface area contributed by atoms with E-state index in [9.17, 15) is 0 Å². The highest BCUT2D eigenvalue weighted by atomic mass is 32.1. The van der Waals surface area contributed by atoms with Crippen molar-refractivity contribution in [2.75, 3.05) is 13.6 Å². The molecule has 1 N–H and O–H groups in total. The van der Waals surface area contributed by atoms with Crippen LogP contribution >= 0.6 is 11.3 Å². The third-order valence-corrected chi connectivity index (χ3v) is 3.89. The minimum absolute atomic E-state index is 0.965. The van der Waals surface area contributed by atoms with Crippen LogP contribution in [0.1, 0.15) is 21.1 Å². The van der Waals surface area contributed by atoms with E-state index in [1.54, 1.807) is 11.3 Å². The first-order chi connectivity index (χ1) is 8.78. The number of rotatable bonds is 6. The van der Waals surface area contributed by atoms with Gasteiger partial charge in [0.05, 0.1) is 0 Å². The molecule has 2 aromatic rings. The predicted molar refractivity (Wildman–Crippen MR) is 76.1 cm³/mol. The second-order valence-corrected chi connectivity index (χ2v) is 5.58. The van der Waals surface area contributed by atoms with Gasteiger partial charge in [-0.2, -0.15) is 0 Å². The highest BCUT2D eigenvalue weighted by Gasteiger charge is 2.04. The predicted octanol–water partition coefficient (Wildman–Crippen LogP) is 2.39. The summed E-state index contributed by atoms with van der Waals surface area (Å²) < 4.78 is 0. The number of aryl methyl sites for hydroxylation is 3. The van der Waals surface area contributed by atoms with E-state index >= 15 is 0 Å². The second-order valence-electron chi connectivity index (χ2n) is 4.43. The van der Waals surface area contributed by atoms with Gasteiger partial charge in [0.2, 0.25) is 0 Å². The first-order valence-corrected chi connectivity index (χ1v) is 7.11. The Bertz CT molecular complexity index is 476. The molecule has 1 heterocycles. The molecule has 0 unspecified atom stereocenters. The van der Waals surface area contributed by atoms with Gasteiger partial charge in [0, 0.05) is 19.4 Å². The Labute approximate surface area is 112 Å². The molecule has 0 atom stereocenters. The van der Waals surface area contributed by atoms with Gasteiger partial charge >= 0.3 is 0 Å². The third-order valence-electron chi connectivity index (χ3n) is 2.85. The van der Waals surface area contributed by atoms with Crippen LogP contribution in [0.4, 0.5) is 0 Å². The SMILES string of the molecule is CNCCc1nnc(CCc2ccc(C)cc2)s1. The third kappa shape index (κ3) is 3.89. The Hall–Kier alpha value is -1.26. The molecule has 0 fully saturated rings. The summed E-state index contributed by atoms with van der Waals surface area (Å²) in [7, 11) is 1.96. The van der Waals surface area contributed by atoms with Crippen LogP contribution in [0.5, 0.6) is 0 Å². The molecule has 4 heteroatoms. The average Bonchev–Trinajstić information content (AvgIpc) is 2.84. The zero-order valence-electron chi connectivity index (χ0n) is 10.9. The number of nitrogens with one attached hydrogen (secondary N) is 1. The quantitative estimate of drug-likeness (QED) is 0.867. The Kier molecular flexibility index (Phi) is 4.84. The summed E-state index contributed by atoms with van der Waals surface area (Å²) in [5.74, 6) is 0. The molecule has 0 aliphatic heterocycles. The van der Waals surface area contributed by atoms with Crippen LogP contribution in [-0.4, -0.2) is 23.8 Å². The molecule has 2 rings (SSSR count). The summed E-state index contributed by atoms with van der Waals surface area (Å²) >= 11 is 1.73. The molecule has 0 bridgehead atoms. The fraction of sp³-hybridized carbons (Fsp3) is 0.429. The summed E-state index contributed by atoms with van der Waals surface area (Å²) in [6.45, 7) is 3.08. The molecule has 0 saturated heterocycles. The molecule has 18 heavy (non-hydrogen) atoms. The van der Waals surface area contributed by atoms with Crippen molar-refractivity contribution in [3.8, 4) is 0 Å². The fourth-order valence-electron chi connectivity index (χ4n) is 1.73. The maximum absolute atomic E-state index is 4.24. The summed E-state index contributed by atoms with van der Waals surface area (Å²) in [5.41, 5.74) is 2.68. The van der Waals surface area contributed by atoms with Gasteiger partial charge in [-0.1, -0.05) is 29.8 Å². The lowest BCUT2D eigenvalue weighted by molar-refractivity contribution is 0.776. The maximum atomic E-state index is 4.24. The molecule has 3 nitrogen and oxygen atoms in total. The van der Waals surface area contributed by atoms with Gasteiger partial charge < -0.3 is 5.32 Å². The average molecular weight is 261 g/mol. The van der Waals surface area contributed by atoms with E-state index in [0.717, 1.165) is 35.8 Å². The molecule has 0 spiro atoms. The normalized spacial score (nSPS) is 10.8. The van der Waals surface area contributed by atoms with Crippen molar-refractivity contribution < 1.29 is 0 Å². The van der Waals surface area contributed by atoms with E-state index in [4.69, 9.17) is 0 Å². The van der Waals surface area contributed by atoms with Crippen molar-refractivity contribution in [1.82, 2.24) is 15.5 Å². The summed E-state index contributed by atoms with van der Waals surface area (Å²) in [5, 5.41) is 13.8. The molecule has 1 aromatic carbocycles. The maximum Gasteiger partial charge on any atom is 0.118 e. The van der Waals surface area contributed by atoms with Gasteiger partial charge in [-0.3, -0.25) is 0 Å². The van der Waals surface area contributed by atoms with Crippen molar-refractivity contribution in [2.45, 2.75) is 26.2 Å². The van der Waals surface area contributed by atoms with E-state index in [1.165, 1.54) is 11.1 Å². The minimum atomic E-state index is 0.965. The van der Waals surface area contributed by atoms with E-state index in [-0.39, 0.29) is 0 Å². The first-order valence-electron chi connectivity index (χ1n) is 6.29. The zero-order chi connectivity index (χ0) is 12.8. The molecule has 0 aliphatic rings. The van der Waals surface area contributed by atoms with Crippen molar-refractivity contribution in [3.63, 3.8) is 0 Å². The van der Waals surface area contributed by atoms with Crippen LogP contribution in [0, 0.1) is 6.92 Å². The standard InChI is InChI=1S/C14H19N3S/c1-11-3-5-12(6-4-11)7-8-13-16-17-14(18-13)9-10-15-2/h3-6,15H,7-10H2,1-2H3. The van der Waals surface area contributed by atoms with Crippen LogP contribution in [0.2, 0.25) is 0 Å². The topological polar surface area (TPSA) is 37.8 Å². The lowest BCUT2D eigenvalue weighted by atomic mass is 10.1. The molecular weight excluding hydrogens is 242 g/mol. The van der Waals surface area contributed by atoms with E-state index in [2.05, 4.69) is 46.7 Å². The summed E-state index contributed by atoms with van der Waals surface area (Å²) in [6, 6.07) is 8.71. The Morgan fingerprint density at radius 1 is 1.00 bits per heavy atom. The van der Waals surface area contributed by atoms with Gasteiger partial charge in [-0.05, 0) is 26.0 Å². The largest absolute Gasteiger partial charge is 0.319 e. The molecule has 0 saturated carbocycles. The Morgan fingerprint density at radius 2 is 1.67 bits per heavy atom. The van der Waals surface area contributed by atoms with Crippen LogP contribution in [0.15, 0.2) is 24.3 Å². The number of benzene rings is 1. The number of likely N-dealkylation sites (N-methyl/N-ethyl adjacent to an activating group) is 1. The van der Waals surface area contributed by atoms with Gasteiger partial charge in [0.15, 0.2) is 0 Å². The lowest BCUT2D eigenvalue weighted by Crippen LogP contribution is -2.09. The van der Waals surface area contributed by atoms with Crippen LogP contribution in [0.25, 0.3) is 0 Å². The zero-order valence-corrected chi connectivity index (χ0v) is 11.8. The molecular formula is C14H19N3S. The highest BCUT2D eigenvalue weighted by Crippen LogP contribution is 2.13. The second kappa shape index (κ2) is 6.61. The van der Waals surface area contributed by atoms with Crippen LogP contribution < -0.4 is 5.32 Å². The Morgan fingerprint density at radius 3 is 2.33 bits per heavy atom. The minimum Gasteiger partial charge on any atom is -0.319 e. The van der Waals surface area contributed by atoms with Crippen molar-refractivity contribution in [3.05, 3.63) is 45.4 Å². The van der Waals surface area contributed by atoms with Crippen LogP contribution in [0.3, 0.4) is 0 Å². The molecule has 0 aliphatic carbocycles. The van der Waals surface area contributed by atoms with Crippen molar-refractivity contribution in [1.29, 1.82) is 0 Å². The Balaban J connectivity index is 1.86. The molecule has 1 aromatic heterocycles. The van der Waals surface area contributed by atoms with E-state index < -0.39 is 0 Å². The van der Waals surface area contributed by atoms with Gasteiger partial charge in [0.1, 0.15) is 10.0 Å². The summed E-state index contributed by atoms with van der Waals surface area (Å²) in [4.78, 5) is 0. The number of aromatic nitrogens is 2.